The smallest absolute Gasteiger partial charge is 0.319 e. The van der Waals surface area contributed by atoms with Crippen LogP contribution in [0.15, 0.2) is 12.3 Å². The normalized spacial score (nSPS) is 12.0. The van der Waals surface area contributed by atoms with E-state index in [0.29, 0.717) is 6.42 Å². The van der Waals surface area contributed by atoms with Crippen LogP contribution in [-0.4, -0.2) is 45.5 Å². The summed E-state index contributed by atoms with van der Waals surface area (Å²) in [5.41, 5.74) is -0.615. The molecule has 0 aliphatic heterocycles. The quantitative estimate of drug-likeness (QED) is 0.503. The lowest BCUT2D eigenvalue weighted by molar-refractivity contribution is -0.385. The molecule has 1 aromatic heterocycles. The molecule has 8 heteroatoms. The van der Waals surface area contributed by atoms with Crippen molar-refractivity contribution >= 4 is 23.2 Å². The van der Waals surface area contributed by atoms with Crippen molar-refractivity contribution in [3.05, 3.63) is 33.1 Å². The van der Waals surface area contributed by atoms with Crippen LogP contribution in [0.4, 0.5) is 5.69 Å². The van der Waals surface area contributed by atoms with Gasteiger partial charge in [-0.3, -0.25) is 14.9 Å². The van der Waals surface area contributed by atoms with Gasteiger partial charge < -0.3 is 10.0 Å². The van der Waals surface area contributed by atoms with E-state index < -0.39 is 22.6 Å². The first-order valence-corrected chi connectivity index (χ1v) is 5.94. The molecule has 1 amide bonds. The van der Waals surface area contributed by atoms with Crippen molar-refractivity contribution in [3.8, 4) is 0 Å². The maximum Gasteiger partial charge on any atom is 0.319 e. The van der Waals surface area contributed by atoms with Crippen LogP contribution in [-0.2, 0) is 0 Å². The molecule has 1 heterocycles. The van der Waals surface area contributed by atoms with Crippen molar-refractivity contribution in [1.29, 1.82) is 0 Å². The number of pyridine rings is 1. The lowest BCUT2D eigenvalue weighted by Gasteiger charge is -2.18. The second-order valence-corrected chi connectivity index (χ2v) is 4.48. The molecule has 1 rings (SSSR count). The molecule has 0 saturated carbocycles. The van der Waals surface area contributed by atoms with Gasteiger partial charge in [0.05, 0.1) is 11.0 Å². The minimum atomic E-state index is -0.731. The molecule has 1 unspecified atom stereocenters. The van der Waals surface area contributed by atoms with Crippen molar-refractivity contribution in [3.63, 3.8) is 0 Å². The Morgan fingerprint density at radius 3 is 2.84 bits per heavy atom. The van der Waals surface area contributed by atoms with Gasteiger partial charge in [0.25, 0.3) is 5.91 Å². The zero-order valence-corrected chi connectivity index (χ0v) is 11.3. The van der Waals surface area contributed by atoms with Crippen LogP contribution in [0, 0.1) is 10.1 Å². The topological polar surface area (TPSA) is 96.6 Å². The van der Waals surface area contributed by atoms with E-state index in [1.807, 2.05) is 0 Å². The number of carbonyl (C=O) groups excluding carboxylic acids is 1. The molecule has 0 aliphatic rings. The van der Waals surface area contributed by atoms with Gasteiger partial charge in [0, 0.05) is 19.8 Å². The monoisotopic (exact) mass is 287 g/mol. The van der Waals surface area contributed by atoms with Crippen LogP contribution in [0.2, 0.25) is 5.15 Å². The molecule has 1 aromatic rings. The van der Waals surface area contributed by atoms with E-state index in [9.17, 15) is 14.9 Å². The number of aliphatic hydroxyl groups is 1. The third-order valence-corrected chi connectivity index (χ3v) is 2.80. The van der Waals surface area contributed by atoms with Crippen molar-refractivity contribution < 1.29 is 14.8 Å². The van der Waals surface area contributed by atoms with E-state index in [1.165, 1.54) is 24.2 Å². The number of amides is 1. The second-order valence-electron chi connectivity index (χ2n) is 4.12. The highest BCUT2D eigenvalue weighted by atomic mass is 35.5. The summed E-state index contributed by atoms with van der Waals surface area (Å²) in [5.74, 6) is -0.531. The van der Waals surface area contributed by atoms with Gasteiger partial charge in [0.2, 0.25) is 5.15 Å². The van der Waals surface area contributed by atoms with E-state index in [-0.39, 0.29) is 17.3 Å². The minimum Gasteiger partial charge on any atom is -0.393 e. The SMILES string of the molecule is CC(O)CCN(C)C(=O)c1ccnc(Cl)c1[N+](=O)[O-]. The average Bonchev–Trinajstić information content (AvgIpc) is 2.34. The Hall–Kier alpha value is -1.73. The summed E-state index contributed by atoms with van der Waals surface area (Å²) in [5, 5.41) is 19.7. The average molecular weight is 288 g/mol. The van der Waals surface area contributed by atoms with Gasteiger partial charge in [-0.15, -0.1) is 0 Å². The Bertz CT molecular complexity index is 493. The number of hydrogen-bond acceptors (Lipinski definition) is 5. The van der Waals surface area contributed by atoms with Crippen molar-refractivity contribution in [1.82, 2.24) is 9.88 Å². The Morgan fingerprint density at radius 1 is 1.68 bits per heavy atom. The van der Waals surface area contributed by atoms with Crippen molar-refractivity contribution in [2.45, 2.75) is 19.4 Å². The van der Waals surface area contributed by atoms with Crippen molar-refractivity contribution in [2.75, 3.05) is 13.6 Å². The fourth-order valence-electron chi connectivity index (χ4n) is 1.46. The molecule has 0 spiro atoms. The first-order chi connectivity index (χ1) is 8.84. The highest BCUT2D eigenvalue weighted by Gasteiger charge is 2.26. The molecule has 19 heavy (non-hydrogen) atoms. The fraction of sp³-hybridized carbons (Fsp3) is 0.455. The lowest BCUT2D eigenvalue weighted by atomic mass is 10.2. The van der Waals surface area contributed by atoms with Gasteiger partial charge >= 0.3 is 5.69 Å². The molecule has 0 radical (unpaired) electrons. The number of hydrogen-bond donors (Lipinski definition) is 1. The molecule has 7 nitrogen and oxygen atoms in total. The summed E-state index contributed by atoms with van der Waals surface area (Å²) in [4.78, 5) is 27.2. The van der Waals surface area contributed by atoms with E-state index in [0.717, 1.165) is 0 Å². The van der Waals surface area contributed by atoms with Crippen LogP contribution in [0.5, 0.6) is 0 Å². The fourth-order valence-corrected chi connectivity index (χ4v) is 1.69. The minimum absolute atomic E-state index is 0.113. The molecule has 0 saturated heterocycles. The number of carbonyl (C=O) groups is 1. The standard InChI is InChI=1S/C11H14ClN3O4/c1-7(16)4-6-14(2)11(17)8-3-5-13-10(12)9(8)15(18)19/h3,5,7,16H,4,6H2,1-2H3. The Kier molecular flexibility index (Phi) is 5.20. The molecular weight excluding hydrogens is 274 g/mol. The summed E-state index contributed by atoms with van der Waals surface area (Å²) in [6.45, 7) is 1.89. The van der Waals surface area contributed by atoms with Crippen LogP contribution >= 0.6 is 11.6 Å². The number of nitrogens with zero attached hydrogens (tertiary/aromatic N) is 3. The molecule has 0 fully saturated rings. The van der Waals surface area contributed by atoms with Crippen LogP contribution in [0.3, 0.4) is 0 Å². The predicted octanol–water partition coefficient (Wildman–Crippen LogP) is 1.49. The van der Waals surface area contributed by atoms with Crippen LogP contribution < -0.4 is 0 Å². The van der Waals surface area contributed by atoms with Gasteiger partial charge in [0.1, 0.15) is 5.56 Å². The van der Waals surface area contributed by atoms with Gasteiger partial charge in [-0.25, -0.2) is 4.98 Å². The van der Waals surface area contributed by atoms with E-state index >= 15 is 0 Å². The third kappa shape index (κ3) is 3.87. The van der Waals surface area contributed by atoms with E-state index in [4.69, 9.17) is 16.7 Å². The molecular formula is C11H14ClN3O4. The maximum atomic E-state index is 12.1. The Labute approximate surface area is 115 Å². The largest absolute Gasteiger partial charge is 0.393 e. The number of nitro groups is 1. The van der Waals surface area contributed by atoms with Gasteiger partial charge in [-0.2, -0.15) is 0 Å². The highest BCUT2D eigenvalue weighted by Crippen LogP contribution is 2.26. The lowest BCUT2D eigenvalue weighted by Crippen LogP contribution is -2.30. The number of halogens is 1. The highest BCUT2D eigenvalue weighted by molar-refractivity contribution is 6.32. The van der Waals surface area contributed by atoms with E-state index in [2.05, 4.69) is 4.98 Å². The summed E-state index contributed by atoms with van der Waals surface area (Å²) >= 11 is 5.64. The summed E-state index contributed by atoms with van der Waals surface area (Å²) in [6.07, 6.45) is 1.08. The Balaban J connectivity index is 2.99. The summed E-state index contributed by atoms with van der Waals surface area (Å²) < 4.78 is 0. The second kappa shape index (κ2) is 6.44. The number of aromatic nitrogens is 1. The van der Waals surface area contributed by atoms with Gasteiger partial charge in [-0.1, -0.05) is 11.6 Å². The molecule has 1 atom stereocenters. The van der Waals surface area contributed by atoms with Crippen LogP contribution in [0.1, 0.15) is 23.7 Å². The summed E-state index contributed by atoms with van der Waals surface area (Å²) in [7, 11) is 1.50. The molecule has 0 bridgehead atoms. The van der Waals surface area contributed by atoms with Gasteiger partial charge in [0.15, 0.2) is 0 Å². The molecule has 0 aromatic carbocycles. The van der Waals surface area contributed by atoms with Crippen LogP contribution in [0.25, 0.3) is 0 Å². The first-order valence-electron chi connectivity index (χ1n) is 5.57. The summed E-state index contributed by atoms with van der Waals surface area (Å²) in [6, 6.07) is 1.26. The van der Waals surface area contributed by atoms with Crippen molar-refractivity contribution in [2.24, 2.45) is 0 Å². The number of aliphatic hydroxyl groups excluding tert-OH is 1. The molecule has 104 valence electrons. The predicted molar refractivity (Wildman–Crippen MR) is 69.2 cm³/mol. The first kappa shape index (κ1) is 15.3. The Morgan fingerprint density at radius 2 is 2.32 bits per heavy atom. The number of rotatable bonds is 5. The molecule has 0 aliphatic carbocycles. The molecule has 1 N–H and O–H groups in total. The maximum absolute atomic E-state index is 12.1. The zero-order valence-electron chi connectivity index (χ0n) is 10.5. The van der Waals surface area contributed by atoms with E-state index in [1.54, 1.807) is 6.92 Å². The zero-order chi connectivity index (χ0) is 14.6. The van der Waals surface area contributed by atoms with Gasteiger partial charge in [-0.05, 0) is 19.4 Å². The third-order valence-electron chi connectivity index (χ3n) is 2.52.